The number of hydrogen-bond acceptors (Lipinski definition) is 3. The predicted molar refractivity (Wildman–Crippen MR) is 126 cm³/mol. The summed E-state index contributed by atoms with van der Waals surface area (Å²) in [6.07, 6.45) is 2.04. The van der Waals surface area contributed by atoms with E-state index in [1.165, 1.54) is 11.1 Å². The molecule has 0 aromatic heterocycles. The van der Waals surface area contributed by atoms with Crippen LogP contribution in [0.4, 0.5) is 5.69 Å². The van der Waals surface area contributed by atoms with Crippen molar-refractivity contribution in [3.05, 3.63) is 90.0 Å². The molecule has 3 heteroatoms. The van der Waals surface area contributed by atoms with Gasteiger partial charge >= 0.3 is 0 Å². The molecule has 0 atom stereocenters. The Kier molecular flexibility index (Phi) is 7.78. The molecule has 0 aliphatic rings. The number of ether oxygens (including phenoxy) is 2. The van der Waals surface area contributed by atoms with Crippen molar-refractivity contribution in [2.75, 3.05) is 25.1 Å². The number of aryl methyl sites for hydroxylation is 1. The minimum absolute atomic E-state index is 0.161. The topological polar surface area (TPSA) is 30.5 Å². The van der Waals surface area contributed by atoms with E-state index in [0.717, 1.165) is 36.6 Å². The molecule has 3 aromatic rings. The van der Waals surface area contributed by atoms with Crippen molar-refractivity contribution < 1.29 is 9.47 Å². The van der Waals surface area contributed by atoms with Crippen molar-refractivity contribution in [1.29, 1.82) is 0 Å². The van der Waals surface area contributed by atoms with Gasteiger partial charge in [0, 0.05) is 18.3 Å². The normalized spacial score (nSPS) is 11.2. The van der Waals surface area contributed by atoms with Gasteiger partial charge in [0.25, 0.3) is 0 Å². The highest BCUT2D eigenvalue weighted by molar-refractivity contribution is 5.48. The molecule has 0 fully saturated rings. The Bertz CT molecular complexity index is 883. The average Bonchev–Trinajstić information content (AvgIpc) is 2.75. The van der Waals surface area contributed by atoms with E-state index in [2.05, 4.69) is 68.6 Å². The highest BCUT2D eigenvalue weighted by Crippen LogP contribution is 2.24. The van der Waals surface area contributed by atoms with Gasteiger partial charge < -0.3 is 14.8 Å². The largest absolute Gasteiger partial charge is 0.494 e. The van der Waals surface area contributed by atoms with Crippen molar-refractivity contribution >= 4 is 5.69 Å². The minimum Gasteiger partial charge on any atom is -0.494 e. The summed E-state index contributed by atoms with van der Waals surface area (Å²) in [7, 11) is 0. The molecule has 0 bridgehead atoms. The first-order valence-corrected chi connectivity index (χ1v) is 10.7. The lowest BCUT2D eigenvalue weighted by molar-refractivity contribution is 0.311. The monoisotopic (exact) mass is 403 g/mol. The second kappa shape index (κ2) is 10.7. The van der Waals surface area contributed by atoms with Crippen molar-refractivity contribution in [2.24, 2.45) is 0 Å². The van der Waals surface area contributed by atoms with Crippen LogP contribution in [0.25, 0.3) is 0 Å². The third kappa shape index (κ3) is 7.14. The number of anilines is 1. The maximum absolute atomic E-state index is 5.91. The van der Waals surface area contributed by atoms with Crippen molar-refractivity contribution in [2.45, 2.75) is 39.0 Å². The summed E-state index contributed by atoms with van der Waals surface area (Å²) in [5.41, 5.74) is 3.87. The first-order valence-electron chi connectivity index (χ1n) is 10.7. The highest BCUT2D eigenvalue weighted by Gasteiger charge is 2.12. The second-order valence-corrected chi connectivity index (χ2v) is 8.52. The van der Waals surface area contributed by atoms with Gasteiger partial charge in [0.2, 0.25) is 0 Å². The molecular weight excluding hydrogens is 370 g/mol. The Hall–Kier alpha value is -2.94. The molecule has 0 spiro atoms. The molecule has 3 aromatic carbocycles. The van der Waals surface area contributed by atoms with Crippen LogP contribution < -0.4 is 14.8 Å². The molecule has 0 aliphatic heterocycles. The van der Waals surface area contributed by atoms with Crippen LogP contribution in [0.5, 0.6) is 11.5 Å². The number of rotatable bonds is 10. The molecular formula is C27H33NO2. The maximum Gasteiger partial charge on any atom is 0.121 e. The molecule has 0 amide bonds. The van der Waals surface area contributed by atoms with Gasteiger partial charge in [0.15, 0.2) is 0 Å². The van der Waals surface area contributed by atoms with Crippen LogP contribution in [0.15, 0.2) is 78.9 Å². The van der Waals surface area contributed by atoms with Crippen LogP contribution in [0.1, 0.15) is 38.3 Å². The highest BCUT2D eigenvalue weighted by atomic mass is 16.5. The van der Waals surface area contributed by atoms with E-state index in [1.54, 1.807) is 0 Å². The van der Waals surface area contributed by atoms with E-state index < -0.39 is 0 Å². The van der Waals surface area contributed by atoms with Gasteiger partial charge in [-0.1, -0.05) is 69.3 Å². The van der Waals surface area contributed by atoms with Crippen LogP contribution in [0.3, 0.4) is 0 Å². The lowest BCUT2D eigenvalue weighted by Gasteiger charge is -2.19. The number of nitrogens with one attached hydrogen (secondary N) is 1. The zero-order valence-corrected chi connectivity index (χ0v) is 18.4. The van der Waals surface area contributed by atoms with Gasteiger partial charge in [-0.15, -0.1) is 0 Å². The van der Waals surface area contributed by atoms with Gasteiger partial charge in [-0.25, -0.2) is 0 Å². The van der Waals surface area contributed by atoms with Crippen LogP contribution in [-0.2, 0) is 11.8 Å². The molecule has 0 saturated heterocycles. The number of hydrogen-bond donors (Lipinski definition) is 1. The van der Waals surface area contributed by atoms with E-state index in [-0.39, 0.29) is 5.41 Å². The lowest BCUT2D eigenvalue weighted by Crippen LogP contribution is -2.12. The molecule has 30 heavy (non-hydrogen) atoms. The molecule has 0 saturated carbocycles. The molecule has 3 nitrogen and oxygen atoms in total. The van der Waals surface area contributed by atoms with Gasteiger partial charge in [-0.2, -0.15) is 0 Å². The fraction of sp³-hybridized carbons (Fsp3) is 0.333. The van der Waals surface area contributed by atoms with Gasteiger partial charge in [0.05, 0.1) is 6.61 Å². The predicted octanol–water partition coefficient (Wildman–Crippen LogP) is 6.49. The lowest BCUT2D eigenvalue weighted by atomic mass is 9.87. The molecule has 1 N–H and O–H groups in total. The van der Waals surface area contributed by atoms with Gasteiger partial charge in [-0.05, 0) is 53.6 Å². The Morgan fingerprint density at radius 3 is 2.20 bits per heavy atom. The maximum atomic E-state index is 5.91. The first-order chi connectivity index (χ1) is 14.5. The Labute approximate surface area is 181 Å². The van der Waals surface area contributed by atoms with E-state index >= 15 is 0 Å². The second-order valence-electron chi connectivity index (χ2n) is 8.52. The summed E-state index contributed by atoms with van der Waals surface area (Å²) in [6, 6.07) is 27.0. The van der Waals surface area contributed by atoms with E-state index in [4.69, 9.17) is 9.47 Å². The fourth-order valence-corrected chi connectivity index (χ4v) is 3.22. The minimum atomic E-state index is 0.161. The van der Waals surface area contributed by atoms with Gasteiger partial charge in [-0.3, -0.25) is 0 Å². The smallest absolute Gasteiger partial charge is 0.121 e. The third-order valence-corrected chi connectivity index (χ3v) is 4.98. The summed E-state index contributed by atoms with van der Waals surface area (Å²) in [5, 5.41) is 3.40. The van der Waals surface area contributed by atoms with E-state index in [1.807, 2.05) is 36.4 Å². The zero-order valence-electron chi connectivity index (χ0n) is 18.4. The summed E-state index contributed by atoms with van der Waals surface area (Å²) >= 11 is 0. The summed E-state index contributed by atoms with van der Waals surface area (Å²) in [5.74, 6) is 1.80. The summed E-state index contributed by atoms with van der Waals surface area (Å²) in [4.78, 5) is 0. The standard InChI is InChI=1S/C27H33NO2/c1-27(2,3)23-14-16-25(17-15-23)30-20-18-28-24-12-7-13-26(21-24)29-19-8-11-22-9-5-4-6-10-22/h4-7,9-10,12-17,21,28H,8,11,18-20H2,1-3H3. The quantitative estimate of drug-likeness (QED) is 0.393. The SMILES string of the molecule is CC(C)(C)c1ccc(OCCNc2cccc(OCCCc3ccccc3)c2)cc1. The van der Waals surface area contributed by atoms with Crippen molar-refractivity contribution in [1.82, 2.24) is 0 Å². The Morgan fingerprint density at radius 1 is 0.733 bits per heavy atom. The molecule has 0 aliphatic carbocycles. The molecule has 0 heterocycles. The molecule has 0 radical (unpaired) electrons. The van der Waals surface area contributed by atoms with Crippen LogP contribution in [-0.4, -0.2) is 19.8 Å². The number of benzene rings is 3. The van der Waals surface area contributed by atoms with Crippen molar-refractivity contribution in [3.8, 4) is 11.5 Å². The van der Waals surface area contributed by atoms with Crippen LogP contribution >= 0.6 is 0 Å². The van der Waals surface area contributed by atoms with Crippen LogP contribution in [0.2, 0.25) is 0 Å². The third-order valence-electron chi connectivity index (χ3n) is 4.98. The van der Waals surface area contributed by atoms with Gasteiger partial charge in [0.1, 0.15) is 18.1 Å². The van der Waals surface area contributed by atoms with E-state index in [0.29, 0.717) is 13.2 Å². The Morgan fingerprint density at radius 2 is 1.47 bits per heavy atom. The Balaban J connectivity index is 1.36. The fourth-order valence-electron chi connectivity index (χ4n) is 3.22. The van der Waals surface area contributed by atoms with E-state index in [9.17, 15) is 0 Å². The van der Waals surface area contributed by atoms with Crippen LogP contribution in [0, 0.1) is 0 Å². The molecule has 0 unspecified atom stereocenters. The summed E-state index contributed by atoms with van der Waals surface area (Å²) in [6.45, 7) is 8.71. The molecule has 3 rings (SSSR count). The van der Waals surface area contributed by atoms with Crippen molar-refractivity contribution in [3.63, 3.8) is 0 Å². The first kappa shape index (κ1) is 21.8. The zero-order chi connectivity index (χ0) is 21.2. The molecule has 158 valence electrons. The summed E-state index contributed by atoms with van der Waals surface area (Å²) < 4.78 is 11.8. The average molecular weight is 404 g/mol.